The predicted octanol–water partition coefficient (Wildman–Crippen LogP) is 4.09. The Labute approximate surface area is 156 Å². The molecule has 0 aliphatic rings. The molecule has 0 saturated carbocycles. The minimum atomic E-state index is -0.540. The van der Waals surface area contributed by atoms with E-state index in [1.807, 2.05) is 61.5 Å². The van der Waals surface area contributed by atoms with Gasteiger partial charge in [0.15, 0.2) is 0 Å². The molecule has 0 heterocycles. The summed E-state index contributed by atoms with van der Waals surface area (Å²) < 4.78 is 0. The van der Waals surface area contributed by atoms with Crippen LogP contribution < -0.4 is 5.43 Å². The first-order chi connectivity index (χ1) is 13.0. The lowest BCUT2D eigenvalue weighted by molar-refractivity contribution is -0.384. The number of nitrogens with one attached hydrogen (secondary N) is 1. The lowest BCUT2D eigenvalue weighted by Crippen LogP contribution is -2.20. The minimum Gasteiger partial charge on any atom is -0.267 e. The number of nitro groups is 1. The average molecular weight is 359 g/mol. The zero-order chi connectivity index (χ0) is 19.2. The van der Waals surface area contributed by atoms with E-state index in [0.717, 1.165) is 16.7 Å². The number of carbonyl (C=O) groups is 1. The molecular formula is C21H17N3O3. The maximum atomic E-state index is 12.4. The van der Waals surface area contributed by atoms with Crippen LogP contribution in [-0.2, 0) is 0 Å². The first-order valence-corrected chi connectivity index (χ1v) is 8.29. The monoisotopic (exact) mass is 359 g/mol. The topological polar surface area (TPSA) is 84.6 Å². The Morgan fingerprint density at radius 3 is 2.19 bits per heavy atom. The maximum absolute atomic E-state index is 12.4. The molecule has 3 rings (SSSR count). The third-order valence-electron chi connectivity index (χ3n) is 3.96. The highest BCUT2D eigenvalue weighted by molar-refractivity contribution is 6.13. The molecule has 1 amide bonds. The predicted molar refractivity (Wildman–Crippen MR) is 104 cm³/mol. The van der Waals surface area contributed by atoms with Gasteiger partial charge in [0.25, 0.3) is 11.6 Å². The molecule has 0 spiro atoms. The van der Waals surface area contributed by atoms with Crippen molar-refractivity contribution in [2.75, 3.05) is 0 Å². The zero-order valence-electron chi connectivity index (χ0n) is 14.6. The van der Waals surface area contributed by atoms with Gasteiger partial charge in [-0.3, -0.25) is 14.9 Å². The minimum absolute atomic E-state index is 0.145. The van der Waals surface area contributed by atoms with Crippen molar-refractivity contribution in [1.82, 2.24) is 5.43 Å². The van der Waals surface area contributed by atoms with E-state index in [0.29, 0.717) is 5.71 Å². The van der Waals surface area contributed by atoms with Crippen LogP contribution >= 0.6 is 0 Å². The van der Waals surface area contributed by atoms with Crippen molar-refractivity contribution < 1.29 is 9.72 Å². The van der Waals surface area contributed by atoms with E-state index in [1.165, 1.54) is 24.3 Å². The average Bonchev–Trinajstić information content (AvgIpc) is 2.70. The SMILES string of the molecule is Cc1ccc(/C(=N/NC(=O)c2cccc([N+](=O)[O-])c2)c2ccccc2)cc1. The molecule has 0 atom stereocenters. The number of amides is 1. The van der Waals surface area contributed by atoms with Crippen LogP contribution in [0.4, 0.5) is 5.69 Å². The quantitative estimate of drug-likeness (QED) is 0.423. The number of nitrogens with zero attached hydrogens (tertiary/aromatic N) is 2. The number of hydrogen-bond donors (Lipinski definition) is 1. The molecule has 3 aromatic carbocycles. The van der Waals surface area contributed by atoms with Crippen molar-refractivity contribution in [1.29, 1.82) is 0 Å². The number of hydrogen-bond acceptors (Lipinski definition) is 4. The molecule has 3 aromatic rings. The van der Waals surface area contributed by atoms with Crippen LogP contribution in [0.2, 0.25) is 0 Å². The molecule has 6 heteroatoms. The van der Waals surface area contributed by atoms with Gasteiger partial charge in [0.05, 0.1) is 10.6 Å². The fourth-order valence-corrected chi connectivity index (χ4v) is 2.54. The smallest absolute Gasteiger partial charge is 0.267 e. The lowest BCUT2D eigenvalue weighted by Gasteiger charge is -2.08. The third-order valence-corrected chi connectivity index (χ3v) is 3.96. The highest BCUT2D eigenvalue weighted by Gasteiger charge is 2.12. The number of benzene rings is 3. The Bertz CT molecular complexity index is 997. The number of rotatable bonds is 5. The van der Waals surface area contributed by atoms with Crippen molar-refractivity contribution in [2.45, 2.75) is 6.92 Å². The Balaban J connectivity index is 1.92. The van der Waals surface area contributed by atoms with E-state index >= 15 is 0 Å². The van der Waals surface area contributed by atoms with E-state index in [9.17, 15) is 14.9 Å². The van der Waals surface area contributed by atoms with Crippen molar-refractivity contribution in [3.05, 3.63) is 111 Å². The summed E-state index contributed by atoms with van der Waals surface area (Å²) in [4.78, 5) is 22.7. The fourth-order valence-electron chi connectivity index (χ4n) is 2.54. The molecule has 6 nitrogen and oxygen atoms in total. The van der Waals surface area contributed by atoms with E-state index in [4.69, 9.17) is 0 Å². The number of hydrazone groups is 1. The molecule has 0 fully saturated rings. The third kappa shape index (κ3) is 4.43. The molecule has 27 heavy (non-hydrogen) atoms. The van der Waals surface area contributed by atoms with Gasteiger partial charge in [-0.2, -0.15) is 5.10 Å². The zero-order valence-corrected chi connectivity index (χ0v) is 14.6. The Kier molecular flexibility index (Phi) is 5.37. The lowest BCUT2D eigenvalue weighted by atomic mass is 10.0. The Morgan fingerprint density at radius 2 is 1.52 bits per heavy atom. The van der Waals surface area contributed by atoms with E-state index < -0.39 is 10.8 Å². The molecule has 0 saturated heterocycles. The van der Waals surface area contributed by atoms with Crippen LogP contribution in [0, 0.1) is 17.0 Å². The highest BCUT2D eigenvalue weighted by Crippen LogP contribution is 2.14. The summed E-state index contributed by atoms with van der Waals surface area (Å²) >= 11 is 0. The summed E-state index contributed by atoms with van der Waals surface area (Å²) in [6.07, 6.45) is 0. The maximum Gasteiger partial charge on any atom is 0.271 e. The molecule has 0 aliphatic carbocycles. The van der Waals surface area contributed by atoms with E-state index in [1.54, 1.807) is 0 Å². The van der Waals surface area contributed by atoms with Gasteiger partial charge in [-0.05, 0) is 13.0 Å². The van der Waals surface area contributed by atoms with Crippen LogP contribution in [0.5, 0.6) is 0 Å². The fraction of sp³-hybridized carbons (Fsp3) is 0.0476. The Hall–Kier alpha value is -3.80. The first-order valence-electron chi connectivity index (χ1n) is 8.29. The van der Waals surface area contributed by atoms with Crippen LogP contribution in [0.15, 0.2) is 84.0 Å². The standard InChI is InChI=1S/C21H17N3O3/c1-15-10-12-17(13-11-15)20(16-6-3-2-4-7-16)22-23-21(25)18-8-5-9-19(14-18)24(26)27/h2-14H,1H3,(H,23,25)/b22-20+. The number of carbonyl (C=O) groups excluding carboxylic acids is 1. The molecule has 0 aliphatic heterocycles. The Morgan fingerprint density at radius 1 is 0.889 bits per heavy atom. The van der Waals surface area contributed by atoms with Gasteiger partial charge < -0.3 is 0 Å². The van der Waals surface area contributed by atoms with Gasteiger partial charge in [-0.25, -0.2) is 5.43 Å². The molecule has 0 unspecified atom stereocenters. The largest absolute Gasteiger partial charge is 0.271 e. The van der Waals surface area contributed by atoms with Gasteiger partial charge >= 0.3 is 0 Å². The van der Waals surface area contributed by atoms with Crippen molar-refractivity contribution >= 4 is 17.3 Å². The van der Waals surface area contributed by atoms with Crippen LogP contribution in [0.3, 0.4) is 0 Å². The summed E-state index contributed by atoms with van der Waals surface area (Å²) in [5.74, 6) is -0.515. The second kappa shape index (κ2) is 8.05. The van der Waals surface area contributed by atoms with Crippen molar-refractivity contribution in [3.63, 3.8) is 0 Å². The van der Waals surface area contributed by atoms with Crippen LogP contribution in [0.25, 0.3) is 0 Å². The summed E-state index contributed by atoms with van der Waals surface area (Å²) in [6.45, 7) is 1.99. The molecule has 0 aromatic heterocycles. The summed E-state index contributed by atoms with van der Waals surface area (Å²) in [5, 5.41) is 15.2. The number of non-ortho nitro benzene ring substituents is 1. The highest BCUT2D eigenvalue weighted by atomic mass is 16.6. The second-order valence-corrected chi connectivity index (χ2v) is 5.94. The van der Waals surface area contributed by atoms with E-state index in [-0.39, 0.29) is 11.3 Å². The van der Waals surface area contributed by atoms with Gasteiger partial charge in [-0.15, -0.1) is 0 Å². The van der Waals surface area contributed by atoms with Gasteiger partial charge in [-0.1, -0.05) is 66.2 Å². The molecule has 134 valence electrons. The molecule has 1 N–H and O–H groups in total. The second-order valence-electron chi connectivity index (χ2n) is 5.94. The van der Waals surface area contributed by atoms with Gasteiger partial charge in [0.1, 0.15) is 0 Å². The van der Waals surface area contributed by atoms with E-state index in [2.05, 4.69) is 10.5 Å². The molecule has 0 radical (unpaired) electrons. The van der Waals surface area contributed by atoms with Crippen LogP contribution in [-0.4, -0.2) is 16.5 Å². The van der Waals surface area contributed by atoms with Gasteiger partial charge in [0.2, 0.25) is 0 Å². The number of nitro benzene ring substituents is 1. The summed E-state index contributed by atoms with van der Waals surface area (Å²) in [7, 11) is 0. The summed E-state index contributed by atoms with van der Waals surface area (Å²) in [5.41, 5.74) is 5.95. The van der Waals surface area contributed by atoms with Crippen molar-refractivity contribution in [3.8, 4) is 0 Å². The van der Waals surface area contributed by atoms with Crippen molar-refractivity contribution in [2.24, 2.45) is 5.10 Å². The number of aryl methyl sites for hydroxylation is 1. The van der Waals surface area contributed by atoms with Crippen LogP contribution in [0.1, 0.15) is 27.0 Å². The molecule has 0 bridgehead atoms. The van der Waals surface area contributed by atoms with Gasteiger partial charge in [0, 0.05) is 28.8 Å². The molecular weight excluding hydrogens is 342 g/mol. The summed E-state index contributed by atoms with van der Waals surface area (Å²) in [6, 6.07) is 22.8. The first kappa shape index (κ1) is 18.0. The normalized spacial score (nSPS) is 11.1.